The lowest BCUT2D eigenvalue weighted by atomic mass is 9.78. The molecule has 1 nitrogen and oxygen atoms in total. The van der Waals surface area contributed by atoms with Gasteiger partial charge in [-0.3, -0.25) is 0 Å². The fraction of sp³-hybridized carbons (Fsp3) is 0.700. The summed E-state index contributed by atoms with van der Waals surface area (Å²) in [5, 5.41) is 8.57. The molecule has 11 heavy (non-hydrogen) atoms. The molecule has 60 valence electrons. The van der Waals surface area contributed by atoms with E-state index in [1.165, 1.54) is 5.57 Å². The minimum Gasteiger partial charge on any atom is -0.198 e. The average molecular weight is 149 g/mol. The van der Waals surface area contributed by atoms with Crippen LogP contribution in [0, 0.1) is 22.7 Å². The normalized spacial score (nSPS) is 28.5. The maximum absolute atomic E-state index is 8.57. The number of nitrogens with zero attached hydrogens (tertiary/aromatic N) is 1. The van der Waals surface area contributed by atoms with E-state index in [2.05, 4.69) is 26.5 Å². The monoisotopic (exact) mass is 149 g/mol. The van der Waals surface area contributed by atoms with Gasteiger partial charge in [-0.25, -0.2) is 0 Å². The molecule has 0 aromatic carbocycles. The highest BCUT2D eigenvalue weighted by molar-refractivity contribution is 5.15. The molecule has 0 saturated heterocycles. The number of rotatable bonds is 1. The summed E-state index contributed by atoms with van der Waals surface area (Å²) in [6, 6.07) is 2.24. The molecular formula is C10H15N. The zero-order chi connectivity index (χ0) is 8.48. The summed E-state index contributed by atoms with van der Waals surface area (Å²) in [5.74, 6) is 0.542. The molecule has 1 saturated carbocycles. The Morgan fingerprint density at radius 1 is 1.73 bits per heavy atom. The molecule has 0 N–H and O–H groups in total. The van der Waals surface area contributed by atoms with Gasteiger partial charge >= 0.3 is 0 Å². The van der Waals surface area contributed by atoms with Gasteiger partial charge in [0.2, 0.25) is 0 Å². The highest BCUT2D eigenvalue weighted by Gasteiger charge is 2.36. The SMILES string of the molecule is C=C1CCC(CC#N)C1(C)C. The van der Waals surface area contributed by atoms with Crippen LogP contribution >= 0.6 is 0 Å². The van der Waals surface area contributed by atoms with Crippen LogP contribution in [-0.2, 0) is 0 Å². The average Bonchev–Trinajstić information content (AvgIpc) is 2.16. The van der Waals surface area contributed by atoms with Gasteiger partial charge in [-0.15, -0.1) is 0 Å². The second-order valence-corrected chi connectivity index (χ2v) is 3.92. The molecule has 0 spiro atoms. The van der Waals surface area contributed by atoms with E-state index in [9.17, 15) is 0 Å². The maximum atomic E-state index is 8.57. The number of hydrogen-bond acceptors (Lipinski definition) is 1. The molecule has 1 unspecified atom stereocenters. The van der Waals surface area contributed by atoms with Crippen molar-refractivity contribution in [1.29, 1.82) is 5.26 Å². The lowest BCUT2D eigenvalue weighted by Crippen LogP contribution is -2.18. The van der Waals surface area contributed by atoms with Crippen LogP contribution in [0.2, 0.25) is 0 Å². The van der Waals surface area contributed by atoms with Crippen LogP contribution in [-0.4, -0.2) is 0 Å². The predicted molar refractivity (Wildman–Crippen MR) is 45.9 cm³/mol. The summed E-state index contributed by atoms with van der Waals surface area (Å²) in [5.41, 5.74) is 1.52. The Labute approximate surface area is 68.7 Å². The van der Waals surface area contributed by atoms with Gasteiger partial charge < -0.3 is 0 Å². The van der Waals surface area contributed by atoms with Gasteiger partial charge in [-0.05, 0) is 24.2 Å². The van der Waals surface area contributed by atoms with Gasteiger partial charge in [-0.1, -0.05) is 26.0 Å². The van der Waals surface area contributed by atoms with Crippen molar-refractivity contribution in [2.24, 2.45) is 11.3 Å². The third-order valence-electron chi connectivity index (χ3n) is 3.06. The molecule has 0 aliphatic heterocycles. The first kappa shape index (κ1) is 8.33. The predicted octanol–water partition coefficient (Wildman–Crippen LogP) is 2.89. The molecule has 1 fully saturated rings. The van der Waals surface area contributed by atoms with Crippen LogP contribution in [0.1, 0.15) is 33.1 Å². The quantitative estimate of drug-likeness (QED) is 0.526. The van der Waals surface area contributed by atoms with Gasteiger partial charge in [0, 0.05) is 6.42 Å². The Morgan fingerprint density at radius 3 is 2.73 bits per heavy atom. The zero-order valence-electron chi connectivity index (χ0n) is 7.35. The first-order valence-electron chi connectivity index (χ1n) is 4.14. The molecule has 1 aliphatic rings. The topological polar surface area (TPSA) is 23.8 Å². The number of nitriles is 1. The van der Waals surface area contributed by atoms with Crippen molar-refractivity contribution in [3.05, 3.63) is 12.2 Å². The Balaban J connectivity index is 2.72. The summed E-state index contributed by atoms with van der Waals surface area (Å²) in [6.45, 7) is 8.43. The van der Waals surface area contributed by atoms with E-state index in [1.807, 2.05) is 0 Å². The first-order valence-corrected chi connectivity index (χ1v) is 4.14. The fourth-order valence-corrected chi connectivity index (χ4v) is 1.79. The molecule has 0 aromatic heterocycles. The largest absolute Gasteiger partial charge is 0.198 e. The van der Waals surface area contributed by atoms with Crippen molar-refractivity contribution in [2.75, 3.05) is 0 Å². The van der Waals surface area contributed by atoms with Gasteiger partial charge in [0.15, 0.2) is 0 Å². The van der Waals surface area contributed by atoms with Crippen molar-refractivity contribution in [3.63, 3.8) is 0 Å². The molecule has 0 bridgehead atoms. The minimum absolute atomic E-state index is 0.204. The number of hydrogen-bond donors (Lipinski definition) is 0. The van der Waals surface area contributed by atoms with Crippen molar-refractivity contribution < 1.29 is 0 Å². The van der Waals surface area contributed by atoms with Crippen molar-refractivity contribution >= 4 is 0 Å². The van der Waals surface area contributed by atoms with Crippen LogP contribution in [0.3, 0.4) is 0 Å². The van der Waals surface area contributed by atoms with Gasteiger partial charge in [0.05, 0.1) is 6.07 Å². The van der Waals surface area contributed by atoms with E-state index in [4.69, 9.17) is 5.26 Å². The standard InChI is InChI=1S/C10H15N/c1-8-4-5-9(6-7-11)10(8,2)3/h9H,1,4-6H2,2-3H3. The van der Waals surface area contributed by atoms with E-state index in [-0.39, 0.29) is 5.41 Å². The molecular weight excluding hydrogens is 134 g/mol. The van der Waals surface area contributed by atoms with Crippen molar-refractivity contribution in [3.8, 4) is 6.07 Å². The maximum Gasteiger partial charge on any atom is 0.0624 e. The third kappa shape index (κ3) is 1.30. The first-order chi connectivity index (χ1) is 5.09. The Hall–Kier alpha value is -0.770. The smallest absolute Gasteiger partial charge is 0.0624 e. The second-order valence-electron chi connectivity index (χ2n) is 3.92. The highest BCUT2D eigenvalue weighted by atomic mass is 14.4. The summed E-state index contributed by atoms with van der Waals surface area (Å²) in [7, 11) is 0. The van der Waals surface area contributed by atoms with Gasteiger partial charge in [0.25, 0.3) is 0 Å². The summed E-state index contributed by atoms with van der Waals surface area (Å²) in [6.07, 6.45) is 2.95. The van der Waals surface area contributed by atoms with Crippen LogP contribution in [0.25, 0.3) is 0 Å². The molecule has 0 radical (unpaired) electrons. The molecule has 1 aliphatic carbocycles. The molecule has 0 heterocycles. The second kappa shape index (κ2) is 2.70. The van der Waals surface area contributed by atoms with E-state index in [1.54, 1.807) is 0 Å². The molecule has 1 atom stereocenters. The van der Waals surface area contributed by atoms with E-state index in [0.29, 0.717) is 12.3 Å². The summed E-state index contributed by atoms with van der Waals surface area (Å²) >= 11 is 0. The highest BCUT2D eigenvalue weighted by Crippen LogP contribution is 2.47. The zero-order valence-corrected chi connectivity index (χ0v) is 7.35. The lowest BCUT2D eigenvalue weighted by Gasteiger charge is -2.26. The van der Waals surface area contributed by atoms with Crippen molar-refractivity contribution in [2.45, 2.75) is 33.1 Å². The molecule has 0 amide bonds. The van der Waals surface area contributed by atoms with Crippen LogP contribution in [0.4, 0.5) is 0 Å². The van der Waals surface area contributed by atoms with E-state index < -0.39 is 0 Å². The van der Waals surface area contributed by atoms with E-state index in [0.717, 1.165) is 12.8 Å². The molecule has 1 heteroatoms. The van der Waals surface area contributed by atoms with Crippen LogP contribution in [0.5, 0.6) is 0 Å². The lowest BCUT2D eigenvalue weighted by molar-refractivity contribution is 0.311. The fourth-order valence-electron chi connectivity index (χ4n) is 1.79. The van der Waals surface area contributed by atoms with Crippen molar-refractivity contribution in [1.82, 2.24) is 0 Å². The summed E-state index contributed by atoms with van der Waals surface area (Å²) in [4.78, 5) is 0. The Morgan fingerprint density at radius 2 is 2.36 bits per heavy atom. The van der Waals surface area contributed by atoms with Crippen LogP contribution < -0.4 is 0 Å². The number of allylic oxidation sites excluding steroid dienone is 1. The van der Waals surface area contributed by atoms with Gasteiger partial charge in [-0.2, -0.15) is 5.26 Å². The third-order valence-corrected chi connectivity index (χ3v) is 3.06. The van der Waals surface area contributed by atoms with E-state index >= 15 is 0 Å². The van der Waals surface area contributed by atoms with Crippen LogP contribution in [0.15, 0.2) is 12.2 Å². The van der Waals surface area contributed by atoms with Gasteiger partial charge in [0.1, 0.15) is 0 Å². The molecule has 0 aromatic rings. The minimum atomic E-state index is 0.204. The molecule has 1 rings (SSSR count). The summed E-state index contributed by atoms with van der Waals surface area (Å²) < 4.78 is 0. The Kier molecular flexibility index (Phi) is 2.04. The Bertz CT molecular complexity index is 207.